The predicted molar refractivity (Wildman–Crippen MR) is 85.9 cm³/mol. The average Bonchev–Trinajstić information content (AvgIpc) is 2.35. The zero-order valence-electron chi connectivity index (χ0n) is 10.8. The molecule has 2 rings (SSSR count). The molecule has 18 heavy (non-hydrogen) atoms. The van der Waals surface area contributed by atoms with Crippen LogP contribution < -0.4 is 5.73 Å². The van der Waals surface area contributed by atoms with Crippen LogP contribution in [-0.4, -0.2) is 40.0 Å². The van der Waals surface area contributed by atoms with Crippen LogP contribution in [0.25, 0.3) is 0 Å². The lowest BCUT2D eigenvalue weighted by atomic mass is 10.2. The van der Waals surface area contributed by atoms with Crippen LogP contribution in [0.4, 0.5) is 5.82 Å². The Kier molecular flexibility index (Phi) is 5.08. The predicted octanol–water partition coefficient (Wildman–Crippen LogP) is 2.34. The highest BCUT2D eigenvalue weighted by atomic mass is 127. The lowest BCUT2D eigenvalue weighted by molar-refractivity contribution is 0.264. The van der Waals surface area contributed by atoms with Gasteiger partial charge in [0.15, 0.2) is 0 Å². The SMILES string of the molecule is CCCc1nc(C2CSCCN2C)nc(N)c1I. The molecule has 0 aliphatic carbocycles. The molecule has 0 saturated carbocycles. The van der Waals surface area contributed by atoms with Gasteiger partial charge in [0.2, 0.25) is 0 Å². The molecule has 1 aromatic heterocycles. The van der Waals surface area contributed by atoms with Crippen molar-refractivity contribution in [1.82, 2.24) is 14.9 Å². The van der Waals surface area contributed by atoms with Gasteiger partial charge in [0.05, 0.1) is 15.3 Å². The molecule has 1 aliphatic rings. The van der Waals surface area contributed by atoms with Gasteiger partial charge in [-0.25, -0.2) is 9.97 Å². The van der Waals surface area contributed by atoms with Gasteiger partial charge in [0.25, 0.3) is 0 Å². The molecule has 1 unspecified atom stereocenters. The molecule has 0 spiro atoms. The second-order valence-corrected chi connectivity index (χ2v) is 6.78. The summed E-state index contributed by atoms with van der Waals surface area (Å²) in [6.07, 6.45) is 2.06. The molecule has 1 saturated heterocycles. The molecule has 0 amide bonds. The number of anilines is 1. The third-order valence-corrected chi connectivity index (χ3v) is 5.34. The summed E-state index contributed by atoms with van der Waals surface area (Å²) in [4.78, 5) is 11.6. The van der Waals surface area contributed by atoms with E-state index in [1.807, 2.05) is 11.8 Å². The molecule has 2 N–H and O–H groups in total. The topological polar surface area (TPSA) is 55.0 Å². The number of nitrogens with two attached hydrogens (primary N) is 1. The molecule has 0 radical (unpaired) electrons. The van der Waals surface area contributed by atoms with Crippen LogP contribution in [-0.2, 0) is 6.42 Å². The second-order valence-electron chi connectivity index (χ2n) is 4.55. The zero-order valence-corrected chi connectivity index (χ0v) is 13.8. The Morgan fingerprint density at radius 2 is 2.28 bits per heavy atom. The summed E-state index contributed by atoms with van der Waals surface area (Å²) < 4.78 is 1.02. The first-order valence-corrected chi connectivity index (χ1v) is 8.46. The van der Waals surface area contributed by atoms with Crippen LogP contribution in [0.15, 0.2) is 0 Å². The maximum absolute atomic E-state index is 6.02. The first kappa shape index (κ1) is 14.3. The summed E-state index contributed by atoms with van der Waals surface area (Å²) >= 11 is 4.22. The van der Waals surface area contributed by atoms with E-state index in [0.717, 1.165) is 40.2 Å². The normalized spacial score (nSPS) is 21.2. The van der Waals surface area contributed by atoms with Crippen molar-refractivity contribution in [3.63, 3.8) is 0 Å². The summed E-state index contributed by atoms with van der Waals surface area (Å²) in [5.74, 6) is 3.77. The highest BCUT2D eigenvalue weighted by Gasteiger charge is 2.25. The van der Waals surface area contributed by atoms with Crippen molar-refractivity contribution < 1.29 is 0 Å². The molecule has 2 heterocycles. The maximum atomic E-state index is 6.02. The van der Waals surface area contributed by atoms with Gasteiger partial charge in [-0.15, -0.1) is 0 Å². The van der Waals surface area contributed by atoms with Crippen LogP contribution in [0.2, 0.25) is 0 Å². The van der Waals surface area contributed by atoms with Crippen molar-refractivity contribution in [3.8, 4) is 0 Å². The van der Waals surface area contributed by atoms with E-state index in [9.17, 15) is 0 Å². The number of nitrogen functional groups attached to an aromatic ring is 1. The number of hydrogen-bond donors (Lipinski definition) is 1. The van der Waals surface area contributed by atoms with Gasteiger partial charge in [-0.1, -0.05) is 13.3 Å². The van der Waals surface area contributed by atoms with Crippen LogP contribution in [0, 0.1) is 3.57 Å². The minimum Gasteiger partial charge on any atom is -0.383 e. The van der Waals surface area contributed by atoms with E-state index in [1.54, 1.807) is 0 Å². The number of nitrogens with zero attached hydrogens (tertiary/aromatic N) is 3. The van der Waals surface area contributed by atoms with Gasteiger partial charge in [-0.3, -0.25) is 4.90 Å². The number of aryl methyl sites for hydroxylation is 1. The van der Waals surface area contributed by atoms with Crippen molar-refractivity contribution in [1.29, 1.82) is 0 Å². The smallest absolute Gasteiger partial charge is 0.149 e. The number of hydrogen-bond acceptors (Lipinski definition) is 5. The summed E-state index contributed by atoms with van der Waals surface area (Å²) in [5.41, 5.74) is 7.12. The quantitative estimate of drug-likeness (QED) is 0.819. The Bertz CT molecular complexity index is 427. The third kappa shape index (κ3) is 3.08. The minimum atomic E-state index is 0.304. The summed E-state index contributed by atoms with van der Waals surface area (Å²) in [7, 11) is 2.14. The van der Waals surface area contributed by atoms with Crippen molar-refractivity contribution in [3.05, 3.63) is 15.1 Å². The Morgan fingerprint density at radius 3 is 2.94 bits per heavy atom. The van der Waals surface area contributed by atoms with Gasteiger partial charge >= 0.3 is 0 Å². The van der Waals surface area contributed by atoms with Crippen LogP contribution >= 0.6 is 34.4 Å². The molecule has 1 atom stereocenters. The fourth-order valence-corrected chi connectivity index (χ4v) is 3.76. The molecule has 1 aliphatic heterocycles. The maximum Gasteiger partial charge on any atom is 0.149 e. The van der Waals surface area contributed by atoms with E-state index in [1.165, 1.54) is 5.75 Å². The van der Waals surface area contributed by atoms with Gasteiger partial charge in [-0.2, -0.15) is 11.8 Å². The molecular weight excluding hydrogens is 359 g/mol. The third-order valence-electron chi connectivity index (χ3n) is 3.14. The summed E-state index contributed by atoms with van der Waals surface area (Å²) in [6, 6.07) is 0.304. The van der Waals surface area contributed by atoms with Crippen molar-refractivity contribution in [2.75, 3.05) is 30.8 Å². The highest BCUT2D eigenvalue weighted by molar-refractivity contribution is 14.1. The van der Waals surface area contributed by atoms with Crippen molar-refractivity contribution in [2.24, 2.45) is 0 Å². The Hall–Kier alpha value is -0.0800. The van der Waals surface area contributed by atoms with E-state index >= 15 is 0 Å². The molecule has 0 aromatic carbocycles. The van der Waals surface area contributed by atoms with Crippen LogP contribution in [0.1, 0.15) is 30.9 Å². The first-order chi connectivity index (χ1) is 8.63. The fraction of sp³-hybridized carbons (Fsp3) is 0.667. The zero-order chi connectivity index (χ0) is 13.1. The Morgan fingerprint density at radius 1 is 1.50 bits per heavy atom. The molecule has 6 heteroatoms. The van der Waals surface area contributed by atoms with Gasteiger partial charge in [0.1, 0.15) is 11.6 Å². The molecule has 0 bridgehead atoms. The lowest BCUT2D eigenvalue weighted by Gasteiger charge is -2.31. The molecule has 1 aromatic rings. The first-order valence-electron chi connectivity index (χ1n) is 6.23. The second kappa shape index (κ2) is 6.38. The number of thioether (sulfide) groups is 1. The molecular formula is C12H19IN4S. The van der Waals surface area contributed by atoms with Gasteiger partial charge < -0.3 is 5.73 Å². The van der Waals surface area contributed by atoms with Crippen molar-refractivity contribution in [2.45, 2.75) is 25.8 Å². The van der Waals surface area contributed by atoms with E-state index < -0.39 is 0 Å². The Labute approximate surface area is 126 Å². The highest BCUT2D eigenvalue weighted by Crippen LogP contribution is 2.28. The van der Waals surface area contributed by atoms with Crippen molar-refractivity contribution >= 4 is 40.2 Å². The number of rotatable bonds is 3. The Balaban J connectivity index is 2.32. The largest absolute Gasteiger partial charge is 0.383 e. The standard InChI is InChI=1S/C12H19IN4S/c1-3-4-8-10(13)11(14)16-12(15-8)9-7-18-6-5-17(9)2/h9H,3-7H2,1-2H3,(H2,14,15,16). The minimum absolute atomic E-state index is 0.304. The number of halogens is 1. The molecule has 4 nitrogen and oxygen atoms in total. The summed E-state index contributed by atoms with van der Waals surface area (Å²) in [6.45, 7) is 3.25. The van der Waals surface area contributed by atoms with Crippen LogP contribution in [0.5, 0.6) is 0 Å². The average molecular weight is 378 g/mol. The van der Waals surface area contributed by atoms with E-state index in [0.29, 0.717) is 11.9 Å². The molecule has 100 valence electrons. The van der Waals surface area contributed by atoms with E-state index in [-0.39, 0.29) is 0 Å². The monoisotopic (exact) mass is 378 g/mol. The van der Waals surface area contributed by atoms with Crippen LogP contribution in [0.3, 0.4) is 0 Å². The molecule has 1 fully saturated rings. The van der Waals surface area contributed by atoms with E-state index in [4.69, 9.17) is 10.7 Å². The summed E-state index contributed by atoms with van der Waals surface area (Å²) in [5, 5.41) is 0. The van der Waals surface area contributed by atoms with Gasteiger partial charge in [-0.05, 0) is 36.1 Å². The van der Waals surface area contributed by atoms with Gasteiger partial charge in [0, 0.05) is 18.1 Å². The van der Waals surface area contributed by atoms with E-state index in [2.05, 4.69) is 46.4 Å². The number of aromatic nitrogens is 2. The fourth-order valence-electron chi connectivity index (χ4n) is 2.04. The lowest BCUT2D eigenvalue weighted by Crippen LogP contribution is -2.34.